The molecule has 114 valence electrons. The molecule has 5 nitrogen and oxygen atoms in total. The maximum absolute atomic E-state index is 12.6. The van der Waals surface area contributed by atoms with Gasteiger partial charge in [-0.3, -0.25) is 9.59 Å². The molecule has 0 bridgehead atoms. The van der Waals surface area contributed by atoms with Crippen molar-refractivity contribution in [1.29, 1.82) is 0 Å². The number of aliphatic carboxylic acids is 1. The van der Waals surface area contributed by atoms with Crippen LogP contribution in [0, 0.1) is 17.8 Å². The minimum Gasteiger partial charge on any atom is -0.481 e. The number of carboxylic acids is 1. The number of rotatable bonds is 3. The monoisotopic (exact) mass is 283 g/mol. The topological polar surface area (TPSA) is 77.8 Å². The molecular formula is C15H25NO4. The Morgan fingerprint density at radius 3 is 2.30 bits per heavy atom. The molecule has 0 spiro atoms. The maximum Gasteiger partial charge on any atom is 0.307 e. The van der Waals surface area contributed by atoms with E-state index in [1.54, 1.807) is 11.9 Å². The van der Waals surface area contributed by atoms with E-state index in [1.807, 2.05) is 6.92 Å². The van der Waals surface area contributed by atoms with Crippen LogP contribution >= 0.6 is 0 Å². The van der Waals surface area contributed by atoms with Crippen molar-refractivity contribution in [1.82, 2.24) is 4.90 Å². The molecule has 2 N–H and O–H groups in total. The number of carbonyl (C=O) groups excluding carboxylic acids is 1. The third-order valence-electron chi connectivity index (χ3n) is 4.97. The van der Waals surface area contributed by atoms with Gasteiger partial charge in [0.25, 0.3) is 0 Å². The van der Waals surface area contributed by atoms with Gasteiger partial charge in [-0.05, 0) is 31.6 Å². The predicted octanol–water partition coefficient (Wildman–Crippen LogP) is 1.50. The summed E-state index contributed by atoms with van der Waals surface area (Å²) >= 11 is 0. The Morgan fingerprint density at radius 2 is 1.70 bits per heavy atom. The second-order valence-electron chi connectivity index (χ2n) is 6.50. The van der Waals surface area contributed by atoms with Gasteiger partial charge >= 0.3 is 5.97 Å². The van der Waals surface area contributed by atoms with E-state index in [-0.39, 0.29) is 17.9 Å². The van der Waals surface area contributed by atoms with Crippen LogP contribution in [0.5, 0.6) is 0 Å². The minimum atomic E-state index is -0.870. The summed E-state index contributed by atoms with van der Waals surface area (Å²) in [6, 6.07) is -0.151. The number of aliphatic hydroxyl groups is 1. The summed E-state index contributed by atoms with van der Waals surface area (Å²) in [6.45, 7) is 2.00. The van der Waals surface area contributed by atoms with Gasteiger partial charge in [-0.25, -0.2) is 0 Å². The van der Waals surface area contributed by atoms with Gasteiger partial charge in [-0.2, -0.15) is 0 Å². The Balaban J connectivity index is 2.07. The Labute approximate surface area is 120 Å². The van der Waals surface area contributed by atoms with E-state index in [1.165, 1.54) is 0 Å². The van der Waals surface area contributed by atoms with Gasteiger partial charge in [0.1, 0.15) is 0 Å². The SMILES string of the molecule is CC1C[C@H](C(=O)N(C)C2CCCCC2O)[C@H](C(=O)O)C1. The molecule has 0 aromatic carbocycles. The Kier molecular flexibility index (Phi) is 4.68. The first-order valence-electron chi connectivity index (χ1n) is 7.59. The molecule has 2 fully saturated rings. The zero-order valence-electron chi connectivity index (χ0n) is 12.3. The van der Waals surface area contributed by atoms with Crippen LogP contribution in [0.3, 0.4) is 0 Å². The summed E-state index contributed by atoms with van der Waals surface area (Å²) < 4.78 is 0. The minimum absolute atomic E-state index is 0.104. The fraction of sp³-hybridized carbons (Fsp3) is 0.867. The van der Waals surface area contributed by atoms with Crippen molar-refractivity contribution in [2.75, 3.05) is 7.05 Å². The number of hydrogen-bond donors (Lipinski definition) is 2. The van der Waals surface area contributed by atoms with E-state index >= 15 is 0 Å². The number of carboxylic acid groups (broad SMARTS) is 1. The average molecular weight is 283 g/mol. The molecule has 0 radical (unpaired) electrons. The molecule has 3 unspecified atom stereocenters. The maximum atomic E-state index is 12.6. The summed E-state index contributed by atoms with van der Waals surface area (Å²) in [4.78, 5) is 25.5. The van der Waals surface area contributed by atoms with Crippen LogP contribution in [0.25, 0.3) is 0 Å². The molecule has 0 saturated heterocycles. The molecular weight excluding hydrogens is 258 g/mol. The first kappa shape index (κ1) is 15.3. The summed E-state index contributed by atoms with van der Waals surface area (Å²) in [5, 5.41) is 19.3. The lowest BCUT2D eigenvalue weighted by molar-refractivity contribution is -0.150. The van der Waals surface area contributed by atoms with Gasteiger partial charge in [0.15, 0.2) is 0 Å². The summed E-state index contributed by atoms with van der Waals surface area (Å²) in [6.07, 6.45) is 4.30. The van der Waals surface area contributed by atoms with Crippen molar-refractivity contribution in [2.45, 2.75) is 57.6 Å². The van der Waals surface area contributed by atoms with Gasteiger partial charge in [-0.15, -0.1) is 0 Å². The van der Waals surface area contributed by atoms with Crippen LogP contribution < -0.4 is 0 Å². The number of hydrogen-bond acceptors (Lipinski definition) is 3. The molecule has 2 aliphatic carbocycles. The van der Waals surface area contributed by atoms with E-state index in [0.717, 1.165) is 25.7 Å². The third-order valence-corrected chi connectivity index (χ3v) is 4.97. The quantitative estimate of drug-likeness (QED) is 0.822. The molecule has 0 aromatic heterocycles. The van der Waals surface area contributed by atoms with Crippen LogP contribution in [-0.4, -0.2) is 46.2 Å². The molecule has 2 rings (SSSR count). The van der Waals surface area contributed by atoms with Crippen molar-refractivity contribution in [3.8, 4) is 0 Å². The van der Waals surface area contributed by atoms with Crippen LogP contribution in [0.2, 0.25) is 0 Å². The first-order valence-corrected chi connectivity index (χ1v) is 7.59. The van der Waals surface area contributed by atoms with Crippen molar-refractivity contribution >= 4 is 11.9 Å². The molecule has 0 heterocycles. The summed E-state index contributed by atoms with van der Waals surface area (Å²) in [5.41, 5.74) is 0. The number of nitrogens with zero attached hydrogens (tertiary/aromatic N) is 1. The van der Waals surface area contributed by atoms with Gasteiger partial charge in [0.2, 0.25) is 5.91 Å². The normalized spacial score (nSPS) is 37.6. The zero-order chi connectivity index (χ0) is 14.9. The summed E-state index contributed by atoms with van der Waals surface area (Å²) in [7, 11) is 1.71. The second-order valence-corrected chi connectivity index (χ2v) is 6.50. The van der Waals surface area contributed by atoms with E-state index in [4.69, 9.17) is 0 Å². The fourth-order valence-corrected chi connectivity index (χ4v) is 3.81. The second kappa shape index (κ2) is 6.12. The van der Waals surface area contributed by atoms with Crippen molar-refractivity contribution < 1.29 is 19.8 Å². The molecule has 0 aromatic rings. The first-order chi connectivity index (χ1) is 9.41. The van der Waals surface area contributed by atoms with Gasteiger partial charge in [0.05, 0.1) is 24.0 Å². The summed E-state index contributed by atoms with van der Waals surface area (Å²) in [5.74, 6) is -1.70. The smallest absolute Gasteiger partial charge is 0.307 e. The van der Waals surface area contributed by atoms with Crippen molar-refractivity contribution in [3.63, 3.8) is 0 Å². The highest BCUT2D eigenvalue weighted by Crippen LogP contribution is 2.38. The zero-order valence-corrected chi connectivity index (χ0v) is 12.3. The van der Waals surface area contributed by atoms with E-state index < -0.39 is 23.9 Å². The molecule has 1 amide bonds. The van der Waals surface area contributed by atoms with E-state index in [2.05, 4.69) is 0 Å². The Morgan fingerprint density at radius 1 is 1.10 bits per heavy atom. The van der Waals surface area contributed by atoms with Crippen LogP contribution in [0.15, 0.2) is 0 Å². The number of aliphatic hydroxyl groups excluding tert-OH is 1. The van der Waals surface area contributed by atoms with E-state index in [0.29, 0.717) is 12.8 Å². The lowest BCUT2D eigenvalue weighted by Crippen LogP contribution is -2.49. The van der Waals surface area contributed by atoms with Gasteiger partial charge < -0.3 is 15.1 Å². The van der Waals surface area contributed by atoms with Crippen LogP contribution in [0.1, 0.15) is 45.4 Å². The molecule has 5 atom stereocenters. The molecule has 20 heavy (non-hydrogen) atoms. The lowest BCUT2D eigenvalue weighted by atomic mass is 9.89. The fourth-order valence-electron chi connectivity index (χ4n) is 3.81. The highest BCUT2D eigenvalue weighted by atomic mass is 16.4. The third kappa shape index (κ3) is 2.97. The molecule has 2 aliphatic rings. The Hall–Kier alpha value is -1.10. The largest absolute Gasteiger partial charge is 0.481 e. The lowest BCUT2D eigenvalue weighted by Gasteiger charge is -2.37. The number of likely N-dealkylation sites (N-methyl/N-ethyl adjacent to an activating group) is 1. The van der Waals surface area contributed by atoms with Crippen LogP contribution in [-0.2, 0) is 9.59 Å². The van der Waals surface area contributed by atoms with Crippen molar-refractivity contribution in [3.05, 3.63) is 0 Å². The predicted molar refractivity (Wildman–Crippen MR) is 74.0 cm³/mol. The van der Waals surface area contributed by atoms with Crippen molar-refractivity contribution in [2.24, 2.45) is 17.8 Å². The van der Waals surface area contributed by atoms with Gasteiger partial charge in [-0.1, -0.05) is 19.8 Å². The molecule has 0 aliphatic heterocycles. The standard InChI is InChI=1S/C15H25NO4/c1-9-7-10(11(8-9)15(19)20)14(18)16(2)12-5-3-4-6-13(12)17/h9-13,17H,3-8H2,1-2H3,(H,19,20)/t9?,10-,11+,12?,13?/m0/s1. The highest BCUT2D eigenvalue weighted by molar-refractivity contribution is 5.85. The van der Waals surface area contributed by atoms with Crippen LogP contribution in [0.4, 0.5) is 0 Å². The average Bonchev–Trinajstić information content (AvgIpc) is 2.80. The van der Waals surface area contributed by atoms with Gasteiger partial charge in [0, 0.05) is 7.05 Å². The molecule has 5 heteroatoms. The van der Waals surface area contributed by atoms with E-state index in [9.17, 15) is 19.8 Å². The molecule has 2 saturated carbocycles. The highest BCUT2D eigenvalue weighted by Gasteiger charge is 2.44. The Bertz CT molecular complexity index is 384. The number of amides is 1. The number of carbonyl (C=O) groups is 2.